The summed E-state index contributed by atoms with van der Waals surface area (Å²) in [6.45, 7) is 6.06. The predicted molar refractivity (Wildman–Crippen MR) is 116 cm³/mol. The first kappa shape index (κ1) is 23.0. The molecule has 1 heterocycles. The van der Waals surface area contributed by atoms with Crippen LogP contribution in [0.25, 0.3) is 0 Å². The van der Waals surface area contributed by atoms with Gasteiger partial charge < -0.3 is 10.6 Å². The summed E-state index contributed by atoms with van der Waals surface area (Å²) in [6, 6.07) is 0.722. The van der Waals surface area contributed by atoms with Gasteiger partial charge in [-0.1, -0.05) is 13.3 Å². The van der Waals surface area contributed by atoms with Gasteiger partial charge in [-0.05, 0) is 38.6 Å². The van der Waals surface area contributed by atoms with Crippen molar-refractivity contribution in [3.63, 3.8) is 0 Å². The summed E-state index contributed by atoms with van der Waals surface area (Å²) in [7, 11) is -1.16. The number of guanidine groups is 1. The van der Waals surface area contributed by atoms with Crippen molar-refractivity contribution in [3.05, 3.63) is 0 Å². The van der Waals surface area contributed by atoms with Crippen LogP contribution in [0.3, 0.4) is 0 Å². The average molecular weight is 486 g/mol. The molecule has 1 saturated heterocycles. The van der Waals surface area contributed by atoms with Crippen molar-refractivity contribution >= 4 is 39.8 Å². The van der Waals surface area contributed by atoms with Crippen LogP contribution in [0.5, 0.6) is 0 Å². The molecule has 8 heteroatoms. The Hall–Kier alpha value is -0.0900. The zero-order chi connectivity index (χ0) is 17.6. The largest absolute Gasteiger partial charge is 0.356 e. The Morgan fingerprint density at radius 1 is 1.28 bits per heavy atom. The SMILES string of the molecule is CCC1CCCCN1CCNC(=NC)NCC1(CS(C)(=O)=O)CC1.I. The van der Waals surface area contributed by atoms with E-state index >= 15 is 0 Å². The molecule has 6 nitrogen and oxygen atoms in total. The summed E-state index contributed by atoms with van der Waals surface area (Å²) in [5.74, 6) is 1.05. The topological polar surface area (TPSA) is 73.8 Å². The average Bonchev–Trinajstić information content (AvgIpc) is 3.28. The second kappa shape index (κ2) is 10.3. The predicted octanol–water partition coefficient (Wildman–Crippen LogP) is 1.86. The van der Waals surface area contributed by atoms with Crippen LogP contribution in [0.15, 0.2) is 4.99 Å². The minimum absolute atomic E-state index is 0. The number of nitrogens with zero attached hydrogens (tertiary/aromatic N) is 2. The van der Waals surface area contributed by atoms with Crippen LogP contribution in [0.1, 0.15) is 45.4 Å². The lowest BCUT2D eigenvalue weighted by molar-refractivity contribution is 0.147. The molecule has 2 N–H and O–H groups in total. The maximum atomic E-state index is 11.5. The van der Waals surface area contributed by atoms with Crippen LogP contribution in [0, 0.1) is 5.41 Å². The summed E-state index contributed by atoms with van der Waals surface area (Å²) < 4.78 is 23.1. The lowest BCUT2D eigenvalue weighted by Crippen LogP contribution is -2.47. The molecule has 0 bridgehead atoms. The van der Waals surface area contributed by atoms with Crippen LogP contribution in [0.2, 0.25) is 0 Å². The Kier molecular flexibility index (Phi) is 9.45. The van der Waals surface area contributed by atoms with E-state index in [-0.39, 0.29) is 35.1 Å². The Balaban J connectivity index is 0.00000312. The van der Waals surface area contributed by atoms with E-state index in [4.69, 9.17) is 0 Å². The van der Waals surface area contributed by atoms with E-state index in [0.29, 0.717) is 6.54 Å². The summed E-state index contributed by atoms with van der Waals surface area (Å²) in [4.78, 5) is 6.84. The normalized spacial score (nSPS) is 23.6. The third kappa shape index (κ3) is 7.99. The molecular formula is C17H35IN4O2S. The molecule has 25 heavy (non-hydrogen) atoms. The fraction of sp³-hybridized carbons (Fsp3) is 0.941. The van der Waals surface area contributed by atoms with Gasteiger partial charge in [-0.3, -0.25) is 9.89 Å². The second-order valence-corrected chi connectivity index (χ2v) is 9.66. The minimum atomic E-state index is -2.92. The second-order valence-electron chi connectivity index (χ2n) is 7.52. The van der Waals surface area contributed by atoms with Crippen molar-refractivity contribution in [2.24, 2.45) is 10.4 Å². The molecule has 0 amide bonds. The lowest BCUT2D eigenvalue weighted by atomic mass is 10.0. The first-order valence-corrected chi connectivity index (χ1v) is 11.3. The zero-order valence-corrected chi connectivity index (χ0v) is 19.0. The fourth-order valence-electron chi connectivity index (χ4n) is 3.73. The van der Waals surface area contributed by atoms with Gasteiger partial charge in [0.25, 0.3) is 0 Å². The number of halogens is 1. The number of nitrogens with one attached hydrogen (secondary N) is 2. The number of sulfone groups is 1. The molecule has 2 rings (SSSR count). The van der Waals surface area contributed by atoms with Crippen molar-refractivity contribution in [3.8, 4) is 0 Å². The molecule has 1 aliphatic heterocycles. The van der Waals surface area contributed by atoms with Gasteiger partial charge in [0, 0.05) is 44.4 Å². The van der Waals surface area contributed by atoms with Crippen LogP contribution in [0.4, 0.5) is 0 Å². The van der Waals surface area contributed by atoms with E-state index in [9.17, 15) is 8.42 Å². The van der Waals surface area contributed by atoms with Crippen molar-refractivity contribution in [1.82, 2.24) is 15.5 Å². The van der Waals surface area contributed by atoms with Crippen LogP contribution in [-0.4, -0.2) is 70.6 Å². The molecule has 1 saturated carbocycles. The van der Waals surface area contributed by atoms with Crippen molar-refractivity contribution in [1.29, 1.82) is 0 Å². The molecule has 1 unspecified atom stereocenters. The van der Waals surface area contributed by atoms with Gasteiger partial charge in [-0.15, -0.1) is 24.0 Å². The molecule has 0 aromatic heterocycles. The first-order valence-electron chi connectivity index (χ1n) is 9.24. The molecule has 0 aromatic carbocycles. The molecule has 0 spiro atoms. The van der Waals surface area contributed by atoms with Crippen molar-refractivity contribution in [2.45, 2.75) is 51.5 Å². The van der Waals surface area contributed by atoms with E-state index in [1.54, 1.807) is 7.05 Å². The Labute approximate surface area is 170 Å². The van der Waals surface area contributed by atoms with Crippen LogP contribution in [-0.2, 0) is 9.84 Å². The molecule has 0 radical (unpaired) electrons. The summed E-state index contributed by atoms with van der Waals surface area (Å²) in [6.07, 6.45) is 8.49. The van der Waals surface area contributed by atoms with Gasteiger partial charge in [0.15, 0.2) is 5.96 Å². The number of aliphatic imine (C=N–C) groups is 1. The number of hydrogen-bond donors (Lipinski definition) is 2. The van der Waals surface area contributed by atoms with E-state index in [0.717, 1.165) is 37.9 Å². The van der Waals surface area contributed by atoms with E-state index in [2.05, 4.69) is 27.4 Å². The molecule has 148 valence electrons. The molecule has 2 aliphatic rings. The van der Waals surface area contributed by atoms with Crippen LogP contribution >= 0.6 is 24.0 Å². The summed E-state index contributed by atoms with van der Waals surface area (Å²) in [5, 5.41) is 6.69. The summed E-state index contributed by atoms with van der Waals surface area (Å²) in [5.41, 5.74) is -0.0780. The third-order valence-electron chi connectivity index (χ3n) is 5.29. The molecule has 1 atom stereocenters. The monoisotopic (exact) mass is 486 g/mol. The van der Waals surface area contributed by atoms with Gasteiger partial charge >= 0.3 is 0 Å². The lowest BCUT2D eigenvalue weighted by Gasteiger charge is -2.35. The first-order chi connectivity index (χ1) is 11.4. The minimum Gasteiger partial charge on any atom is -0.356 e. The maximum Gasteiger partial charge on any atom is 0.191 e. The van der Waals surface area contributed by atoms with Crippen molar-refractivity contribution in [2.75, 3.05) is 45.2 Å². The number of hydrogen-bond acceptors (Lipinski definition) is 4. The standard InChI is InChI=1S/C17H34N4O2S.HI/c1-4-15-7-5-6-11-21(15)12-10-19-16(18-2)20-13-17(8-9-17)14-24(3,22)23;/h15H,4-14H2,1-3H3,(H2,18,19,20);1H. The van der Waals surface area contributed by atoms with E-state index < -0.39 is 9.84 Å². The number of piperidine rings is 1. The van der Waals surface area contributed by atoms with Crippen LogP contribution < -0.4 is 10.6 Å². The van der Waals surface area contributed by atoms with Gasteiger partial charge in [-0.2, -0.15) is 0 Å². The molecular weight excluding hydrogens is 451 g/mol. The molecule has 1 aliphatic carbocycles. The zero-order valence-electron chi connectivity index (χ0n) is 15.9. The van der Waals surface area contributed by atoms with E-state index in [1.165, 1.54) is 38.5 Å². The smallest absolute Gasteiger partial charge is 0.191 e. The number of rotatable bonds is 8. The maximum absolute atomic E-state index is 11.5. The van der Waals surface area contributed by atoms with Crippen molar-refractivity contribution < 1.29 is 8.42 Å². The molecule has 2 fully saturated rings. The fourth-order valence-corrected chi connectivity index (χ4v) is 5.23. The van der Waals surface area contributed by atoms with E-state index in [1.807, 2.05) is 0 Å². The third-order valence-corrected chi connectivity index (χ3v) is 6.43. The Bertz CT molecular complexity index is 535. The highest BCUT2D eigenvalue weighted by atomic mass is 127. The highest BCUT2D eigenvalue weighted by Gasteiger charge is 2.45. The summed E-state index contributed by atoms with van der Waals surface area (Å²) >= 11 is 0. The van der Waals surface area contributed by atoms with Gasteiger partial charge in [0.2, 0.25) is 0 Å². The quantitative estimate of drug-likeness (QED) is 0.311. The Morgan fingerprint density at radius 2 is 2.00 bits per heavy atom. The molecule has 0 aromatic rings. The Morgan fingerprint density at radius 3 is 2.56 bits per heavy atom. The van der Waals surface area contributed by atoms with Gasteiger partial charge in [0.05, 0.1) is 5.75 Å². The van der Waals surface area contributed by atoms with Gasteiger partial charge in [0.1, 0.15) is 9.84 Å². The highest BCUT2D eigenvalue weighted by Crippen LogP contribution is 2.45. The highest BCUT2D eigenvalue weighted by molar-refractivity contribution is 14.0. The van der Waals surface area contributed by atoms with Gasteiger partial charge in [-0.25, -0.2) is 8.42 Å². The number of likely N-dealkylation sites (tertiary alicyclic amines) is 1.